The van der Waals surface area contributed by atoms with Crippen molar-refractivity contribution in [2.75, 3.05) is 13.7 Å². The summed E-state index contributed by atoms with van der Waals surface area (Å²) in [6, 6.07) is 12.1. The molecule has 160 valence electrons. The van der Waals surface area contributed by atoms with Gasteiger partial charge in [-0.2, -0.15) is 0 Å². The van der Waals surface area contributed by atoms with E-state index < -0.39 is 0 Å². The van der Waals surface area contributed by atoms with Crippen LogP contribution < -0.4 is 4.74 Å². The third-order valence-corrected chi connectivity index (χ3v) is 5.74. The molecule has 2 aromatic carbocycles. The minimum Gasteiger partial charge on any atom is -0.495 e. The van der Waals surface area contributed by atoms with Crippen LogP contribution in [0.5, 0.6) is 5.75 Å². The fourth-order valence-corrected chi connectivity index (χ4v) is 4.01. The first-order valence-electron chi connectivity index (χ1n) is 10.4. The van der Waals surface area contributed by atoms with Crippen LogP contribution in [0.2, 0.25) is 0 Å². The third-order valence-electron chi connectivity index (χ3n) is 5.74. The predicted molar refractivity (Wildman–Crippen MR) is 119 cm³/mol. The van der Waals surface area contributed by atoms with Gasteiger partial charge in [0.15, 0.2) is 0 Å². The van der Waals surface area contributed by atoms with Crippen molar-refractivity contribution in [1.29, 1.82) is 0 Å². The van der Waals surface area contributed by atoms with Gasteiger partial charge in [-0.3, -0.25) is 4.79 Å². The lowest BCUT2D eigenvalue weighted by Gasteiger charge is -2.34. The Morgan fingerprint density at radius 2 is 1.97 bits per heavy atom. The number of benzene rings is 2. The summed E-state index contributed by atoms with van der Waals surface area (Å²) in [5, 5.41) is 0. The van der Waals surface area contributed by atoms with Crippen LogP contribution >= 0.6 is 0 Å². The Balaban J connectivity index is 1.59. The second kappa shape index (κ2) is 8.76. The molecule has 4 rings (SSSR count). The number of amides is 1. The van der Waals surface area contributed by atoms with Crippen molar-refractivity contribution in [2.24, 2.45) is 0 Å². The molecular formula is C25H26FN3O2. The summed E-state index contributed by atoms with van der Waals surface area (Å²) >= 11 is 0. The largest absolute Gasteiger partial charge is 0.495 e. The zero-order valence-corrected chi connectivity index (χ0v) is 18.0. The first-order valence-corrected chi connectivity index (χ1v) is 10.4. The monoisotopic (exact) mass is 419 g/mol. The number of likely N-dealkylation sites (tertiary alicyclic amines) is 1. The number of aromatic nitrogens is 2. The molecule has 6 heteroatoms. The molecule has 1 atom stereocenters. The minimum atomic E-state index is -0.273. The molecule has 0 radical (unpaired) electrons. The predicted octanol–water partition coefficient (Wildman–Crippen LogP) is 5.10. The van der Waals surface area contributed by atoms with Crippen LogP contribution in [0.15, 0.2) is 60.6 Å². The number of imidazole rings is 1. The van der Waals surface area contributed by atoms with E-state index in [2.05, 4.69) is 4.98 Å². The van der Waals surface area contributed by atoms with Gasteiger partial charge in [0, 0.05) is 18.3 Å². The molecule has 0 spiro atoms. The molecular weight excluding hydrogens is 393 g/mol. The highest BCUT2D eigenvalue weighted by atomic mass is 19.1. The molecule has 1 amide bonds. The molecule has 5 nitrogen and oxygen atoms in total. The molecule has 3 aromatic rings. The Kier molecular flexibility index (Phi) is 5.89. The SMILES string of the molecule is COc1cc(/C=C2\CCCN(C(C)c3ccc(F)cc3)C2=O)ccc1-n1cnc(C)c1. The fraction of sp³-hybridized carbons (Fsp3) is 0.280. The molecule has 0 bridgehead atoms. The van der Waals surface area contributed by atoms with Crippen molar-refractivity contribution in [3.8, 4) is 11.4 Å². The van der Waals surface area contributed by atoms with E-state index in [4.69, 9.17) is 4.74 Å². The zero-order chi connectivity index (χ0) is 22.0. The number of hydrogen-bond acceptors (Lipinski definition) is 3. The normalized spacial score (nSPS) is 16.6. The highest BCUT2D eigenvalue weighted by molar-refractivity contribution is 5.98. The van der Waals surface area contributed by atoms with Crippen molar-refractivity contribution < 1.29 is 13.9 Å². The lowest BCUT2D eigenvalue weighted by atomic mass is 9.97. The van der Waals surface area contributed by atoms with Gasteiger partial charge in [-0.05, 0) is 68.2 Å². The van der Waals surface area contributed by atoms with Crippen molar-refractivity contribution in [3.05, 3.63) is 83.2 Å². The highest BCUT2D eigenvalue weighted by Gasteiger charge is 2.28. The fourth-order valence-electron chi connectivity index (χ4n) is 4.01. The van der Waals surface area contributed by atoms with Gasteiger partial charge in [0.05, 0.1) is 30.9 Å². The maximum absolute atomic E-state index is 13.3. The quantitative estimate of drug-likeness (QED) is 0.541. The Hall–Kier alpha value is -3.41. The second-order valence-electron chi connectivity index (χ2n) is 7.85. The Labute approximate surface area is 181 Å². The molecule has 1 unspecified atom stereocenters. The first-order chi connectivity index (χ1) is 15.0. The number of methoxy groups -OCH3 is 1. The topological polar surface area (TPSA) is 47.4 Å². The summed E-state index contributed by atoms with van der Waals surface area (Å²) in [5.74, 6) is 0.465. The first kappa shape index (κ1) is 20.8. The van der Waals surface area contributed by atoms with Gasteiger partial charge in [-0.25, -0.2) is 9.37 Å². The van der Waals surface area contributed by atoms with Crippen molar-refractivity contribution in [1.82, 2.24) is 14.5 Å². The van der Waals surface area contributed by atoms with Gasteiger partial charge in [0.2, 0.25) is 5.91 Å². The number of carbonyl (C=O) groups excluding carboxylic acids is 1. The van der Waals surface area contributed by atoms with E-state index in [1.54, 1.807) is 25.6 Å². The van der Waals surface area contributed by atoms with Crippen molar-refractivity contribution in [3.63, 3.8) is 0 Å². The van der Waals surface area contributed by atoms with Crippen LogP contribution in [-0.4, -0.2) is 34.0 Å². The van der Waals surface area contributed by atoms with Crippen LogP contribution in [0, 0.1) is 12.7 Å². The molecule has 1 saturated heterocycles. The van der Waals surface area contributed by atoms with Gasteiger partial charge < -0.3 is 14.2 Å². The summed E-state index contributed by atoms with van der Waals surface area (Å²) in [6.07, 6.45) is 7.26. The van der Waals surface area contributed by atoms with Gasteiger partial charge in [0.1, 0.15) is 11.6 Å². The minimum absolute atomic E-state index is 0.0244. The Morgan fingerprint density at radius 1 is 1.19 bits per heavy atom. The van der Waals surface area contributed by atoms with Crippen LogP contribution in [0.1, 0.15) is 42.6 Å². The molecule has 1 aliphatic heterocycles. The number of rotatable bonds is 5. The zero-order valence-electron chi connectivity index (χ0n) is 18.0. The third kappa shape index (κ3) is 4.38. The molecule has 31 heavy (non-hydrogen) atoms. The van der Waals surface area contributed by atoms with Crippen molar-refractivity contribution >= 4 is 12.0 Å². The number of carbonyl (C=O) groups is 1. The van der Waals surface area contributed by atoms with E-state index in [1.165, 1.54) is 12.1 Å². The van der Waals surface area contributed by atoms with Gasteiger partial charge in [-0.1, -0.05) is 18.2 Å². The van der Waals surface area contributed by atoms with E-state index in [0.717, 1.165) is 40.9 Å². The standard InChI is InChI=1S/C25H26FN3O2/c1-17-15-28(16-27-17)23-11-6-19(14-24(23)31-3)13-21-5-4-12-29(25(21)30)18(2)20-7-9-22(26)10-8-20/h6-11,13-16,18H,4-5,12H2,1-3H3/b21-13+. The van der Waals surface area contributed by atoms with E-state index in [0.29, 0.717) is 12.3 Å². The van der Waals surface area contributed by atoms with Crippen molar-refractivity contribution in [2.45, 2.75) is 32.7 Å². The van der Waals surface area contributed by atoms with Crippen LogP contribution in [0.4, 0.5) is 4.39 Å². The average molecular weight is 420 g/mol. The maximum Gasteiger partial charge on any atom is 0.250 e. The van der Waals surface area contributed by atoms with E-state index >= 15 is 0 Å². The van der Waals surface area contributed by atoms with E-state index in [9.17, 15) is 9.18 Å². The highest BCUT2D eigenvalue weighted by Crippen LogP contribution is 2.30. The summed E-state index contributed by atoms with van der Waals surface area (Å²) in [6.45, 7) is 4.62. The number of nitrogens with zero attached hydrogens (tertiary/aromatic N) is 3. The summed E-state index contributed by atoms with van der Waals surface area (Å²) in [5.41, 5.74) is 4.44. The summed E-state index contributed by atoms with van der Waals surface area (Å²) in [7, 11) is 1.64. The molecule has 0 N–H and O–H groups in total. The molecule has 0 saturated carbocycles. The number of piperidine rings is 1. The summed E-state index contributed by atoms with van der Waals surface area (Å²) in [4.78, 5) is 19.3. The maximum atomic E-state index is 13.3. The number of ether oxygens (including phenoxy) is 1. The van der Waals surface area contributed by atoms with Gasteiger partial charge in [-0.15, -0.1) is 0 Å². The lowest BCUT2D eigenvalue weighted by Crippen LogP contribution is -2.38. The average Bonchev–Trinajstić information content (AvgIpc) is 3.21. The van der Waals surface area contributed by atoms with E-state index in [-0.39, 0.29) is 17.8 Å². The molecule has 2 heterocycles. The van der Waals surface area contributed by atoms with E-state index in [1.807, 2.05) is 53.8 Å². The number of aryl methyl sites for hydroxylation is 1. The molecule has 0 aliphatic carbocycles. The lowest BCUT2D eigenvalue weighted by molar-refractivity contribution is -0.130. The molecule has 1 fully saturated rings. The number of hydrogen-bond donors (Lipinski definition) is 0. The Morgan fingerprint density at radius 3 is 2.65 bits per heavy atom. The van der Waals surface area contributed by atoms with Crippen LogP contribution in [-0.2, 0) is 4.79 Å². The molecule has 1 aromatic heterocycles. The van der Waals surface area contributed by atoms with Gasteiger partial charge >= 0.3 is 0 Å². The smallest absolute Gasteiger partial charge is 0.250 e. The second-order valence-corrected chi connectivity index (χ2v) is 7.85. The van der Waals surface area contributed by atoms with Crippen LogP contribution in [0.25, 0.3) is 11.8 Å². The summed E-state index contributed by atoms with van der Waals surface area (Å²) < 4.78 is 20.8. The Bertz CT molecular complexity index is 1120. The molecule has 1 aliphatic rings. The van der Waals surface area contributed by atoms with Crippen LogP contribution in [0.3, 0.4) is 0 Å². The number of halogens is 1. The van der Waals surface area contributed by atoms with Gasteiger partial charge in [0.25, 0.3) is 0 Å².